The summed E-state index contributed by atoms with van der Waals surface area (Å²) in [7, 11) is -3.45. The van der Waals surface area contributed by atoms with Crippen molar-refractivity contribution in [3.63, 3.8) is 0 Å². The largest absolute Gasteiger partial charge is 0.491 e. The van der Waals surface area contributed by atoms with Gasteiger partial charge in [-0.05, 0) is 44.9 Å². The van der Waals surface area contributed by atoms with Crippen LogP contribution < -0.4 is 10.1 Å². The number of nitrogens with one attached hydrogen (secondary N) is 1. The first-order valence-electron chi connectivity index (χ1n) is 9.96. The van der Waals surface area contributed by atoms with E-state index in [2.05, 4.69) is 5.32 Å². The molecule has 1 saturated heterocycles. The van der Waals surface area contributed by atoms with Gasteiger partial charge in [0.2, 0.25) is 5.91 Å². The highest BCUT2D eigenvalue weighted by atomic mass is 32.2. The molecule has 0 spiro atoms. The number of rotatable bonds is 8. The number of para-hydroxylation sites is 1. The number of sulfonamides is 1. The van der Waals surface area contributed by atoms with E-state index < -0.39 is 10.0 Å². The van der Waals surface area contributed by atoms with Gasteiger partial charge < -0.3 is 10.1 Å². The summed E-state index contributed by atoms with van der Waals surface area (Å²) in [4.78, 5) is 13.1. The molecule has 29 heavy (non-hydrogen) atoms. The predicted octanol–water partition coefficient (Wildman–Crippen LogP) is 3.57. The predicted molar refractivity (Wildman–Crippen MR) is 115 cm³/mol. The van der Waals surface area contributed by atoms with Crippen LogP contribution in [0.5, 0.6) is 5.75 Å². The maximum absolute atomic E-state index is 12.7. The van der Waals surface area contributed by atoms with Crippen molar-refractivity contribution >= 4 is 27.3 Å². The molecule has 1 amide bonds. The molecule has 1 N–H and O–H groups in total. The number of hydrogen-bond donors (Lipinski definition) is 1. The molecule has 3 rings (SSSR count). The SMILES string of the molecule is CC(C)Oc1ccccc1CNC(=O)Cc1ccc(S(=O)(=O)N2CCCCC2)s1. The van der Waals surface area contributed by atoms with E-state index >= 15 is 0 Å². The lowest BCUT2D eigenvalue weighted by molar-refractivity contribution is -0.120. The van der Waals surface area contributed by atoms with E-state index in [0.29, 0.717) is 23.8 Å². The molecule has 0 radical (unpaired) electrons. The molecule has 1 aromatic heterocycles. The van der Waals surface area contributed by atoms with Crippen LogP contribution in [0.4, 0.5) is 0 Å². The Morgan fingerprint density at radius 2 is 1.86 bits per heavy atom. The van der Waals surface area contributed by atoms with Crippen LogP contribution in [0, 0.1) is 0 Å². The number of nitrogens with zero attached hydrogens (tertiary/aromatic N) is 1. The molecule has 0 atom stereocenters. The third-order valence-electron chi connectivity index (χ3n) is 4.69. The summed E-state index contributed by atoms with van der Waals surface area (Å²) in [6.07, 6.45) is 3.10. The lowest BCUT2D eigenvalue weighted by Crippen LogP contribution is -2.35. The van der Waals surface area contributed by atoms with Crippen LogP contribution in [0.1, 0.15) is 43.6 Å². The van der Waals surface area contributed by atoms with Gasteiger partial charge in [-0.2, -0.15) is 4.31 Å². The summed E-state index contributed by atoms with van der Waals surface area (Å²) in [6, 6.07) is 11.0. The molecule has 2 aromatic rings. The Kier molecular flexibility index (Phi) is 7.32. The minimum Gasteiger partial charge on any atom is -0.491 e. The highest BCUT2D eigenvalue weighted by Crippen LogP contribution is 2.27. The fourth-order valence-corrected chi connectivity index (χ4v) is 6.28. The molecule has 2 heterocycles. The lowest BCUT2D eigenvalue weighted by atomic mass is 10.2. The van der Waals surface area contributed by atoms with Crippen LogP contribution in [-0.4, -0.2) is 37.8 Å². The number of ether oxygens (including phenoxy) is 1. The van der Waals surface area contributed by atoms with Crippen LogP contribution in [0.15, 0.2) is 40.6 Å². The van der Waals surface area contributed by atoms with Gasteiger partial charge in [0.1, 0.15) is 9.96 Å². The molecule has 6 nitrogen and oxygen atoms in total. The van der Waals surface area contributed by atoms with E-state index in [4.69, 9.17) is 4.74 Å². The maximum atomic E-state index is 12.7. The van der Waals surface area contributed by atoms with Gasteiger partial charge in [0.05, 0.1) is 12.5 Å². The Balaban J connectivity index is 1.58. The number of carbonyl (C=O) groups is 1. The normalized spacial score (nSPS) is 15.4. The van der Waals surface area contributed by atoms with Crippen LogP contribution in [0.2, 0.25) is 0 Å². The molecule has 158 valence electrons. The zero-order chi connectivity index (χ0) is 20.9. The fraction of sp³-hybridized carbons (Fsp3) is 0.476. The number of piperidine rings is 1. The van der Waals surface area contributed by atoms with Crippen molar-refractivity contribution in [1.29, 1.82) is 0 Å². The van der Waals surface area contributed by atoms with Crippen LogP contribution >= 0.6 is 11.3 Å². The van der Waals surface area contributed by atoms with Gasteiger partial charge >= 0.3 is 0 Å². The first kappa shape index (κ1) is 21.8. The van der Waals surface area contributed by atoms with Gasteiger partial charge in [-0.15, -0.1) is 11.3 Å². The molecule has 1 aromatic carbocycles. The van der Waals surface area contributed by atoms with Crippen LogP contribution in [0.3, 0.4) is 0 Å². The number of amides is 1. The molecule has 0 saturated carbocycles. The summed E-state index contributed by atoms with van der Waals surface area (Å²) in [6.45, 7) is 5.44. The Labute approximate surface area is 176 Å². The summed E-state index contributed by atoms with van der Waals surface area (Å²) >= 11 is 1.18. The van der Waals surface area contributed by atoms with Crippen LogP contribution in [-0.2, 0) is 27.8 Å². The van der Waals surface area contributed by atoms with E-state index in [1.165, 1.54) is 11.3 Å². The topological polar surface area (TPSA) is 75.7 Å². The fourth-order valence-electron chi connectivity index (χ4n) is 3.26. The average molecular weight is 437 g/mol. The molecule has 1 aliphatic heterocycles. The van der Waals surface area contributed by atoms with E-state index in [-0.39, 0.29) is 18.4 Å². The molecule has 0 unspecified atom stereocenters. The quantitative estimate of drug-likeness (QED) is 0.686. The highest BCUT2D eigenvalue weighted by molar-refractivity contribution is 7.91. The van der Waals surface area contributed by atoms with Gasteiger partial charge in [-0.25, -0.2) is 8.42 Å². The first-order chi connectivity index (χ1) is 13.9. The maximum Gasteiger partial charge on any atom is 0.252 e. The Bertz CT molecular complexity index is 932. The minimum absolute atomic E-state index is 0.0539. The third-order valence-corrected chi connectivity index (χ3v) is 8.14. The molecule has 0 bridgehead atoms. The molecule has 0 aliphatic carbocycles. The van der Waals surface area contributed by atoms with E-state index in [9.17, 15) is 13.2 Å². The van der Waals surface area contributed by atoms with Gasteiger partial charge in [0.25, 0.3) is 10.0 Å². The van der Waals surface area contributed by atoms with Crippen molar-refractivity contribution < 1.29 is 17.9 Å². The summed E-state index contributed by atoms with van der Waals surface area (Å²) < 4.78 is 33.1. The van der Waals surface area contributed by atoms with Crippen molar-refractivity contribution in [3.05, 3.63) is 46.8 Å². The van der Waals surface area contributed by atoms with E-state index in [0.717, 1.165) is 35.5 Å². The number of thiophene rings is 1. The van der Waals surface area contributed by atoms with Crippen molar-refractivity contribution in [3.8, 4) is 5.75 Å². The monoisotopic (exact) mass is 436 g/mol. The van der Waals surface area contributed by atoms with Gasteiger partial charge in [0, 0.05) is 30.1 Å². The lowest BCUT2D eigenvalue weighted by Gasteiger charge is -2.25. The first-order valence-corrected chi connectivity index (χ1v) is 12.2. The molecule has 1 aliphatic rings. The van der Waals surface area contributed by atoms with Gasteiger partial charge in [0.15, 0.2) is 0 Å². The minimum atomic E-state index is -3.45. The molecule has 8 heteroatoms. The van der Waals surface area contributed by atoms with Gasteiger partial charge in [-0.1, -0.05) is 24.6 Å². The molecule has 1 fully saturated rings. The Morgan fingerprint density at radius 1 is 1.14 bits per heavy atom. The van der Waals surface area contributed by atoms with Crippen LogP contribution in [0.25, 0.3) is 0 Å². The number of carbonyl (C=O) groups excluding carboxylic acids is 1. The second kappa shape index (κ2) is 9.73. The molecular weight excluding hydrogens is 408 g/mol. The smallest absolute Gasteiger partial charge is 0.252 e. The van der Waals surface area contributed by atoms with E-state index in [1.807, 2.05) is 38.1 Å². The summed E-state index contributed by atoms with van der Waals surface area (Å²) in [5.41, 5.74) is 0.911. The highest BCUT2D eigenvalue weighted by Gasteiger charge is 2.27. The summed E-state index contributed by atoms with van der Waals surface area (Å²) in [5, 5.41) is 2.90. The Morgan fingerprint density at radius 3 is 2.59 bits per heavy atom. The second-order valence-electron chi connectivity index (χ2n) is 7.41. The zero-order valence-electron chi connectivity index (χ0n) is 16.9. The van der Waals surface area contributed by atoms with Crippen molar-refractivity contribution in [2.75, 3.05) is 13.1 Å². The average Bonchev–Trinajstić information content (AvgIpc) is 3.17. The number of hydrogen-bond acceptors (Lipinski definition) is 5. The second-order valence-corrected chi connectivity index (χ2v) is 10.7. The molecular formula is C21H28N2O4S2. The van der Waals surface area contributed by atoms with E-state index in [1.54, 1.807) is 16.4 Å². The van der Waals surface area contributed by atoms with Gasteiger partial charge in [-0.3, -0.25) is 4.79 Å². The standard InChI is InChI=1S/C21H28N2O4S2/c1-16(2)27-19-9-5-4-8-17(19)15-22-20(24)14-18-10-11-21(28-18)29(25,26)23-12-6-3-7-13-23/h4-5,8-11,16H,3,6-7,12-15H2,1-2H3,(H,22,24). The van der Waals surface area contributed by atoms with Crippen molar-refractivity contribution in [2.24, 2.45) is 0 Å². The third kappa shape index (κ3) is 5.81. The number of benzene rings is 1. The zero-order valence-corrected chi connectivity index (χ0v) is 18.5. The van der Waals surface area contributed by atoms with Crippen molar-refractivity contribution in [2.45, 2.75) is 56.4 Å². The van der Waals surface area contributed by atoms with Crippen molar-refractivity contribution in [1.82, 2.24) is 9.62 Å². The Hall–Kier alpha value is -1.90. The summed E-state index contributed by atoms with van der Waals surface area (Å²) in [5.74, 6) is 0.613.